The van der Waals surface area contributed by atoms with Gasteiger partial charge in [0.15, 0.2) is 5.78 Å². The van der Waals surface area contributed by atoms with Gasteiger partial charge in [0, 0.05) is 24.0 Å². The van der Waals surface area contributed by atoms with Crippen LogP contribution in [0.5, 0.6) is 0 Å². The van der Waals surface area contributed by atoms with Gasteiger partial charge in [-0.3, -0.25) is 14.4 Å². The predicted octanol–water partition coefficient (Wildman–Crippen LogP) is 6.64. The summed E-state index contributed by atoms with van der Waals surface area (Å²) in [6, 6.07) is 12.1. The van der Waals surface area contributed by atoms with Crippen LogP contribution in [0.15, 0.2) is 41.8 Å². The van der Waals surface area contributed by atoms with Gasteiger partial charge < -0.3 is 14.2 Å². The van der Waals surface area contributed by atoms with Crippen LogP contribution in [-0.4, -0.2) is 41.2 Å². The third-order valence-electron chi connectivity index (χ3n) is 7.40. The summed E-state index contributed by atoms with van der Waals surface area (Å²) in [7, 11) is 1.43. The lowest BCUT2D eigenvalue weighted by Crippen LogP contribution is -2.34. The number of Topliss-reactive ketones (excluding diaryl/α,β-unsaturated/α-hetero) is 1. The highest BCUT2D eigenvalue weighted by molar-refractivity contribution is 9.09. The number of rotatable bonds is 11. The maximum Gasteiger partial charge on any atom is 0.308 e. The van der Waals surface area contributed by atoms with Gasteiger partial charge in [-0.25, -0.2) is 0 Å². The van der Waals surface area contributed by atoms with E-state index in [1.807, 2.05) is 41.1 Å². The van der Waals surface area contributed by atoms with E-state index in [1.165, 1.54) is 12.7 Å². The Morgan fingerprint density at radius 3 is 2.62 bits per heavy atom. The first-order valence-electron chi connectivity index (χ1n) is 13.1. The Bertz CT molecular complexity index is 1240. The molecule has 1 aromatic carbocycles. The monoisotopic (exact) mass is 586 g/mol. The zero-order valence-corrected chi connectivity index (χ0v) is 24.0. The summed E-state index contributed by atoms with van der Waals surface area (Å²) in [5, 5.41) is 2.94. The SMILES string of the molecule is CCN(C(=O)Cn1c(C(=O)CC2CCC(C(=O)OC)CC2)cc2sccc21)c1cccc(CCCBr)c1. The zero-order valence-electron chi connectivity index (χ0n) is 21.6. The molecule has 1 amide bonds. The molecular weight excluding hydrogens is 552 g/mol. The van der Waals surface area contributed by atoms with Crippen molar-refractivity contribution in [2.45, 2.75) is 58.4 Å². The standard InChI is InChI=1S/C29H35BrN2O4S/c1-3-31(23-8-4-6-20(16-23)7-5-14-30)28(34)19-32-24-13-15-37-27(24)18-25(32)26(33)17-21-9-11-22(12-10-21)29(35)36-2/h4,6,8,13,15-16,18,21-22H,3,5,7,9-12,14,17,19H2,1-2H3. The van der Waals surface area contributed by atoms with E-state index in [0.717, 1.165) is 59.8 Å². The van der Waals surface area contributed by atoms with E-state index in [1.54, 1.807) is 16.2 Å². The third-order valence-corrected chi connectivity index (χ3v) is 8.81. The average Bonchev–Trinajstić information content (AvgIpc) is 3.51. The summed E-state index contributed by atoms with van der Waals surface area (Å²) in [6.45, 7) is 2.66. The molecular formula is C29H35BrN2O4S. The van der Waals surface area contributed by atoms with Crippen molar-refractivity contribution in [2.75, 3.05) is 23.9 Å². The maximum atomic E-state index is 13.6. The van der Waals surface area contributed by atoms with Gasteiger partial charge in [0.25, 0.3) is 0 Å². The van der Waals surface area contributed by atoms with Gasteiger partial charge in [-0.2, -0.15) is 0 Å². The first-order valence-corrected chi connectivity index (χ1v) is 15.1. The molecule has 198 valence electrons. The van der Waals surface area contributed by atoms with Crippen molar-refractivity contribution in [3.05, 3.63) is 53.0 Å². The van der Waals surface area contributed by atoms with Crippen molar-refractivity contribution in [1.82, 2.24) is 4.57 Å². The van der Waals surface area contributed by atoms with Gasteiger partial charge in [-0.1, -0.05) is 28.1 Å². The fourth-order valence-corrected chi connectivity index (χ4v) is 6.49. The van der Waals surface area contributed by atoms with Gasteiger partial charge in [0.05, 0.1) is 28.9 Å². The van der Waals surface area contributed by atoms with Crippen molar-refractivity contribution in [3.63, 3.8) is 0 Å². The van der Waals surface area contributed by atoms with E-state index in [4.69, 9.17) is 4.74 Å². The average molecular weight is 588 g/mol. The highest BCUT2D eigenvalue weighted by Gasteiger charge is 2.29. The molecule has 3 aromatic rings. The second-order valence-electron chi connectivity index (χ2n) is 9.75. The third kappa shape index (κ3) is 6.52. The Morgan fingerprint density at radius 2 is 1.92 bits per heavy atom. The lowest BCUT2D eigenvalue weighted by molar-refractivity contribution is -0.146. The van der Waals surface area contributed by atoms with Crippen molar-refractivity contribution < 1.29 is 19.1 Å². The molecule has 2 aromatic heterocycles. The number of ether oxygens (including phenoxy) is 1. The fraction of sp³-hybridized carbons (Fsp3) is 0.483. The summed E-state index contributed by atoms with van der Waals surface area (Å²) < 4.78 is 7.81. The number of thiophene rings is 1. The Kier molecular flexibility index (Phi) is 9.60. The summed E-state index contributed by atoms with van der Waals surface area (Å²) in [5.41, 5.74) is 3.64. The second-order valence-corrected chi connectivity index (χ2v) is 11.5. The topological polar surface area (TPSA) is 68.6 Å². The molecule has 0 unspecified atom stereocenters. The van der Waals surface area contributed by atoms with Gasteiger partial charge in [0.2, 0.25) is 5.91 Å². The van der Waals surface area contributed by atoms with Crippen molar-refractivity contribution in [3.8, 4) is 0 Å². The minimum Gasteiger partial charge on any atom is -0.469 e. The molecule has 0 radical (unpaired) electrons. The first-order chi connectivity index (χ1) is 17.9. The van der Waals surface area contributed by atoms with Crippen LogP contribution in [0.3, 0.4) is 0 Å². The van der Waals surface area contributed by atoms with Gasteiger partial charge in [-0.05, 0) is 86.6 Å². The van der Waals surface area contributed by atoms with Gasteiger partial charge in [0.1, 0.15) is 6.54 Å². The molecule has 1 aliphatic carbocycles. The number of fused-ring (bicyclic) bond motifs is 1. The van der Waals surface area contributed by atoms with Crippen molar-refractivity contribution in [2.24, 2.45) is 11.8 Å². The zero-order chi connectivity index (χ0) is 26.4. The van der Waals surface area contributed by atoms with Gasteiger partial charge >= 0.3 is 5.97 Å². The first kappa shape index (κ1) is 27.6. The number of carbonyl (C=O) groups excluding carboxylic acids is 3. The molecule has 2 heterocycles. The molecule has 4 rings (SSSR count). The quantitative estimate of drug-likeness (QED) is 0.143. The number of esters is 1. The van der Waals surface area contributed by atoms with Crippen LogP contribution in [0.25, 0.3) is 10.2 Å². The van der Waals surface area contributed by atoms with Crippen molar-refractivity contribution in [1.29, 1.82) is 0 Å². The van der Waals surface area contributed by atoms with Crippen LogP contribution in [0, 0.1) is 11.8 Å². The summed E-state index contributed by atoms with van der Waals surface area (Å²) in [5.74, 6) is 0.0848. The van der Waals surface area contributed by atoms with E-state index in [9.17, 15) is 14.4 Å². The fourth-order valence-electron chi connectivity index (χ4n) is 5.39. The molecule has 0 spiro atoms. The number of methoxy groups -OCH3 is 1. The molecule has 0 aliphatic heterocycles. The van der Waals surface area contributed by atoms with E-state index < -0.39 is 0 Å². The summed E-state index contributed by atoms with van der Waals surface area (Å²) in [6.07, 6.45) is 5.64. The predicted molar refractivity (Wildman–Crippen MR) is 153 cm³/mol. The smallest absolute Gasteiger partial charge is 0.308 e. The number of aromatic nitrogens is 1. The van der Waals surface area contributed by atoms with Crippen LogP contribution < -0.4 is 4.90 Å². The Labute approximate surface area is 231 Å². The van der Waals surface area contributed by atoms with Crippen LogP contribution in [0.2, 0.25) is 0 Å². The highest BCUT2D eigenvalue weighted by atomic mass is 79.9. The number of hydrogen-bond donors (Lipinski definition) is 0. The van der Waals surface area contributed by atoms with Crippen LogP contribution in [0.4, 0.5) is 5.69 Å². The van der Waals surface area contributed by atoms with E-state index >= 15 is 0 Å². The molecule has 37 heavy (non-hydrogen) atoms. The van der Waals surface area contributed by atoms with E-state index in [0.29, 0.717) is 18.7 Å². The number of ketones is 1. The molecule has 8 heteroatoms. The minimum atomic E-state index is -0.147. The molecule has 0 saturated heterocycles. The number of amides is 1. The largest absolute Gasteiger partial charge is 0.469 e. The van der Waals surface area contributed by atoms with Crippen molar-refractivity contribution >= 4 is 60.8 Å². The lowest BCUT2D eigenvalue weighted by Gasteiger charge is -2.26. The molecule has 0 bridgehead atoms. The number of benzene rings is 1. The molecule has 0 N–H and O–H groups in total. The maximum absolute atomic E-state index is 13.6. The number of nitrogens with zero attached hydrogens (tertiary/aromatic N) is 2. The molecule has 1 fully saturated rings. The number of aryl methyl sites for hydroxylation is 1. The Morgan fingerprint density at radius 1 is 1.14 bits per heavy atom. The number of likely N-dealkylation sites (N-methyl/N-ethyl adjacent to an activating group) is 1. The summed E-state index contributed by atoms with van der Waals surface area (Å²) >= 11 is 5.07. The number of halogens is 1. The number of carbonyl (C=O) groups is 3. The normalized spacial score (nSPS) is 17.6. The Balaban J connectivity index is 1.50. The van der Waals surface area contributed by atoms with Crippen LogP contribution in [0.1, 0.15) is 61.5 Å². The van der Waals surface area contributed by atoms with E-state index in [2.05, 4.69) is 28.1 Å². The number of alkyl halides is 1. The Hall–Kier alpha value is -2.45. The van der Waals surface area contributed by atoms with Crippen LogP contribution in [-0.2, 0) is 27.3 Å². The molecule has 0 atom stereocenters. The number of hydrogen-bond acceptors (Lipinski definition) is 5. The van der Waals surface area contributed by atoms with Crippen LogP contribution >= 0.6 is 27.3 Å². The highest BCUT2D eigenvalue weighted by Crippen LogP contribution is 2.34. The second kappa shape index (κ2) is 12.9. The lowest BCUT2D eigenvalue weighted by atomic mass is 9.79. The number of anilines is 1. The summed E-state index contributed by atoms with van der Waals surface area (Å²) in [4.78, 5) is 40.7. The van der Waals surface area contributed by atoms with E-state index in [-0.39, 0.29) is 36.0 Å². The minimum absolute atomic E-state index is 0.0310. The molecule has 1 saturated carbocycles. The molecule has 1 aliphatic rings. The molecule has 6 nitrogen and oxygen atoms in total. The van der Waals surface area contributed by atoms with Gasteiger partial charge in [-0.15, -0.1) is 11.3 Å².